The van der Waals surface area contributed by atoms with Gasteiger partial charge in [0.1, 0.15) is 11.5 Å². The molecule has 0 aliphatic carbocycles. The Morgan fingerprint density at radius 2 is 1.70 bits per heavy atom. The largest absolute Gasteiger partial charge is 0.459 e. The lowest BCUT2D eigenvalue weighted by Gasteiger charge is -2.07. The monoisotopic (exact) mass is 369 g/mol. The smallest absolute Gasteiger partial charge is 0.134 e. The van der Waals surface area contributed by atoms with Crippen molar-refractivity contribution in [3.63, 3.8) is 0 Å². The van der Waals surface area contributed by atoms with Crippen molar-refractivity contribution in [2.24, 2.45) is 0 Å². The Labute approximate surface area is 145 Å². The summed E-state index contributed by atoms with van der Waals surface area (Å²) in [6, 6.07) is 16.7. The number of anilines is 1. The van der Waals surface area contributed by atoms with Crippen LogP contribution < -0.4 is 5.32 Å². The Morgan fingerprint density at radius 3 is 2.43 bits per heavy atom. The molecule has 118 valence electrons. The summed E-state index contributed by atoms with van der Waals surface area (Å²) >= 11 is 3.53. The highest BCUT2D eigenvalue weighted by Crippen LogP contribution is 2.27. The van der Waals surface area contributed by atoms with Crippen molar-refractivity contribution in [2.45, 2.75) is 27.3 Å². The summed E-state index contributed by atoms with van der Waals surface area (Å²) in [6.45, 7) is 7.01. The van der Waals surface area contributed by atoms with Gasteiger partial charge in [0, 0.05) is 15.7 Å². The minimum absolute atomic E-state index is 0.679. The third-order valence-electron chi connectivity index (χ3n) is 4.08. The van der Waals surface area contributed by atoms with Crippen LogP contribution in [0.15, 0.2) is 57.4 Å². The van der Waals surface area contributed by atoms with E-state index in [0.717, 1.165) is 27.2 Å². The van der Waals surface area contributed by atoms with Crippen molar-refractivity contribution in [3.05, 3.63) is 75.5 Å². The van der Waals surface area contributed by atoms with Gasteiger partial charge < -0.3 is 9.73 Å². The minimum Gasteiger partial charge on any atom is -0.459 e. The summed E-state index contributed by atoms with van der Waals surface area (Å²) in [4.78, 5) is 0. The Morgan fingerprint density at radius 1 is 0.870 bits per heavy atom. The molecule has 2 aromatic carbocycles. The van der Waals surface area contributed by atoms with E-state index in [1.807, 2.05) is 12.1 Å². The molecule has 3 rings (SSSR count). The van der Waals surface area contributed by atoms with Crippen LogP contribution in [0.3, 0.4) is 0 Å². The van der Waals surface area contributed by atoms with Gasteiger partial charge in [0.05, 0.1) is 6.54 Å². The number of benzene rings is 2. The maximum atomic E-state index is 5.96. The molecule has 0 unspecified atom stereocenters. The van der Waals surface area contributed by atoms with Crippen LogP contribution in [0.2, 0.25) is 0 Å². The van der Waals surface area contributed by atoms with Crippen molar-refractivity contribution in [2.75, 3.05) is 5.32 Å². The molecular weight excluding hydrogens is 350 g/mol. The number of hydrogen-bond donors (Lipinski definition) is 1. The van der Waals surface area contributed by atoms with Gasteiger partial charge in [0.15, 0.2) is 0 Å². The number of nitrogens with one attached hydrogen (secondary N) is 1. The van der Waals surface area contributed by atoms with Crippen molar-refractivity contribution in [3.8, 4) is 11.3 Å². The van der Waals surface area contributed by atoms with Gasteiger partial charge in [-0.15, -0.1) is 0 Å². The molecule has 1 aromatic heterocycles. The SMILES string of the molecule is Cc1ccc(NCc2ccc(-c3ccc(Br)c(C)c3)o2)cc1C. The highest BCUT2D eigenvalue weighted by molar-refractivity contribution is 9.10. The maximum absolute atomic E-state index is 5.96. The molecule has 23 heavy (non-hydrogen) atoms. The number of rotatable bonds is 4. The lowest BCUT2D eigenvalue weighted by Crippen LogP contribution is -1.98. The zero-order valence-corrected chi connectivity index (χ0v) is 15.2. The fraction of sp³-hybridized carbons (Fsp3) is 0.200. The van der Waals surface area contributed by atoms with Crippen LogP contribution in [0.5, 0.6) is 0 Å². The van der Waals surface area contributed by atoms with Gasteiger partial charge in [0.2, 0.25) is 0 Å². The Balaban J connectivity index is 1.71. The molecule has 0 atom stereocenters. The van der Waals surface area contributed by atoms with Gasteiger partial charge in [0.25, 0.3) is 0 Å². The van der Waals surface area contributed by atoms with Crippen molar-refractivity contribution < 1.29 is 4.42 Å². The molecule has 1 heterocycles. The molecule has 2 nitrogen and oxygen atoms in total. The van der Waals surface area contributed by atoms with E-state index in [2.05, 4.69) is 78.4 Å². The first kappa shape index (κ1) is 15.9. The van der Waals surface area contributed by atoms with Gasteiger partial charge >= 0.3 is 0 Å². The van der Waals surface area contributed by atoms with E-state index < -0.39 is 0 Å². The quantitative estimate of drug-likeness (QED) is 0.588. The molecule has 0 saturated heterocycles. The highest BCUT2D eigenvalue weighted by atomic mass is 79.9. The molecule has 0 aliphatic heterocycles. The predicted octanol–water partition coefficient (Wildman–Crippen LogP) is 6.25. The third-order valence-corrected chi connectivity index (χ3v) is 4.97. The molecule has 0 saturated carbocycles. The molecule has 0 radical (unpaired) electrons. The number of halogens is 1. The van der Waals surface area contributed by atoms with E-state index in [9.17, 15) is 0 Å². The van der Waals surface area contributed by atoms with Crippen LogP contribution in [-0.4, -0.2) is 0 Å². The minimum atomic E-state index is 0.679. The fourth-order valence-electron chi connectivity index (χ4n) is 2.47. The van der Waals surface area contributed by atoms with Crippen LogP contribution in [0.4, 0.5) is 5.69 Å². The number of aryl methyl sites for hydroxylation is 3. The number of hydrogen-bond acceptors (Lipinski definition) is 2. The molecular formula is C20H20BrNO. The summed E-state index contributed by atoms with van der Waals surface area (Å²) in [6.07, 6.45) is 0. The topological polar surface area (TPSA) is 25.2 Å². The Bertz CT molecular complexity index is 835. The third kappa shape index (κ3) is 3.67. The van der Waals surface area contributed by atoms with Crippen molar-refractivity contribution in [1.29, 1.82) is 0 Å². The first-order chi connectivity index (χ1) is 11.0. The second-order valence-electron chi connectivity index (χ2n) is 5.88. The lowest BCUT2D eigenvalue weighted by molar-refractivity contribution is 0.531. The molecule has 0 amide bonds. The molecule has 0 aliphatic rings. The molecule has 0 fully saturated rings. The van der Waals surface area contributed by atoms with Gasteiger partial charge in [-0.25, -0.2) is 0 Å². The molecule has 3 aromatic rings. The summed E-state index contributed by atoms with van der Waals surface area (Å²) in [5.74, 6) is 1.83. The average molecular weight is 370 g/mol. The number of furan rings is 1. The van der Waals surface area contributed by atoms with E-state index in [-0.39, 0.29) is 0 Å². The van der Waals surface area contributed by atoms with E-state index in [4.69, 9.17) is 4.42 Å². The molecule has 1 N–H and O–H groups in total. The van der Waals surface area contributed by atoms with Gasteiger partial charge in [-0.3, -0.25) is 0 Å². The van der Waals surface area contributed by atoms with Gasteiger partial charge in [-0.1, -0.05) is 28.1 Å². The zero-order valence-electron chi connectivity index (χ0n) is 13.6. The highest BCUT2D eigenvalue weighted by Gasteiger charge is 2.06. The summed E-state index contributed by atoms with van der Waals surface area (Å²) in [7, 11) is 0. The summed E-state index contributed by atoms with van der Waals surface area (Å²) < 4.78 is 7.08. The van der Waals surface area contributed by atoms with E-state index in [1.165, 1.54) is 16.7 Å². The van der Waals surface area contributed by atoms with Crippen molar-refractivity contribution in [1.82, 2.24) is 0 Å². The standard InChI is InChI=1S/C20H20BrNO/c1-13-4-6-17(11-14(13)2)22-12-18-7-9-20(23-18)16-5-8-19(21)15(3)10-16/h4-11,22H,12H2,1-3H3. The predicted molar refractivity (Wildman–Crippen MR) is 99.8 cm³/mol. The second kappa shape index (κ2) is 6.63. The molecule has 0 bridgehead atoms. The average Bonchev–Trinajstić information content (AvgIpc) is 3.00. The van der Waals surface area contributed by atoms with E-state index in [0.29, 0.717) is 6.54 Å². The fourth-order valence-corrected chi connectivity index (χ4v) is 2.71. The van der Waals surface area contributed by atoms with Crippen LogP contribution >= 0.6 is 15.9 Å². The lowest BCUT2D eigenvalue weighted by atomic mass is 10.1. The Hall–Kier alpha value is -2.00. The normalized spacial score (nSPS) is 10.8. The van der Waals surface area contributed by atoms with Crippen LogP contribution in [0, 0.1) is 20.8 Å². The van der Waals surface area contributed by atoms with Gasteiger partial charge in [-0.2, -0.15) is 0 Å². The summed E-state index contributed by atoms with van der Waals surface area (Å²) in [5.41, 5.74) is 6.02. The summed E-state index contributed by atoms with van der Waals surface area (Å²) in [5, 5.41) is 3.41. The van der Waals surface area contributed by atoms with Crippen LogP contribution in [0.25, 0.3) is 11.3 Å². The Kier molecular flexibility index (Phi) is 4.58. The molecule has 3 heteroatoms. The zero-order chi connectivity index (χ0) is 16.4. The van der Waals surface area contributed by atoms with Crippen LogP contribution in [-0.2, 0) is 6.54 Å². The first-order valence-corrected chi connectivity index (χ1v) is 8.48. The molecule has 0 spiro atoms. The van der Waals surface area contributed by atoms with Crippen molar-refractivity contribution >= 4 is 21.6 Å². The van der Waals surface area contributed by atoms with Gasteiger partial charge in [-0.05, 0) is 73.9 Å². The van der Waals surface area contributed by atoms with Crippen LogP contribution in [0.1, 0.15) is 22.5 Å². The van der Waals surface area contributed by atoms with E-state index >= 15 is 0 Å². The second-order valence-corrected chi connectivity index (χ2v) is 6.74. The maximum Gasteiger partial charge on any atom is 0.134 e. The van der Waals surface area contributed by atoms with E-state index in [1.54, 1.807) is 0 Å². The first-order valence-electron chi connectivity index (χ1n) is 7.69.